The lowest BCUT2D eigenvalue weighted by atomic mass is 10.2. The van der Waals surface area contributed by atoms with Crippen molar-refractivity contribution in [1.29, 1.82) is 0 Å². The summed E-state index contributed by atoms with van der Waals surface area (Å²) in [6.45, 7) is 1.37. The van der Waals surface area contributed by atoms with Crippen LogP contribution in [-0.4, -0.2) is 34.0 Å². The summed E-state index contributed by atoms with van der Waals surface area (Å²) in [6.07, 6.45) is 8.36. The number of nitrogens with zero attached hydrogens (tertiary/aromatic N) is 3. The molecular formula is C14H21Cl2N5O. The molecule has 0 aromatic carbocycles. The third kappa shape index (κ3) is 6.43. The number of carbonyl (C=O) groups is 1. The van der Waals surface area contributed by atoms with Crippen molar-refractivity contribution < 1.29 is 4.79 Å². The van der Waals surface area contributed by atoms with Crippen molar-refractivity contribution in [3.63, 3.8) is 0 Å². The molecule has 0 atom stereocenters. The van der Waals surface area contributed by atoms with Gasteiger partial charge in [-0.15, -0.1) is 24.8 Å². The Labute approximate surface area is 142 Å². The molecule has 0 bridgehead atoms. The van der Waals surface area contributed by atoms with Gasteiger partial charge in [0.2, 0.25) is 5.91 Å². The highest BCUT2D eigenvalue weighted by Gasteiger charge is 2.03. The van der Waals surface area contributed by atoms with E-state index in [1.807, 2.05) is 29.9 Å². The summed E-state index contributed by atoms with van der Waals surface area (Å²) in [7, 11) is 1.88. The largest absolute Gasteiger partial charge is 0.352 e. The van der Waals surface area contributed by atoms with Crippen molar-refractivity contribution in [3.8, 4) is 5.82 Å². The van der Waals surface area contributed by atoms with Crippen molar-refractivity contribution >= 4 is 30.7 Å². The zero-order valence-electron chi connectivity index (χ0n) is 12.4. The maximum absolute atomic E-state index is 11.6. The zero-order chi connectivity index (χ0) is 14.2. The summed E-state index contributed by atoms with van der Waals surface area (Å²) in [5.41, 5.74) is 1.02. The van der Waals surface area contributed by atoms with E-state index >= 15 is 0 Å². The number of rotatable bonds is 7. The first-order valence-electron chi connectivity index (χ1n) is 6.64. The highest BCUT2D eigenvalue weighted by molar-refractivity contribution is 5.85. The van der Waals surface area contributed by atoms with E-state index in [-0.39, 0.29) is 30.7 Å². The minimum absolute atomic E-state index is 0. The first kappa shape index (κ1) is 20.4. The van der Waals surface area contributed by atoms with Gasteiger partial charge in [-0.3, -0.25) is 9.36 Å². The maximum atomic E-state index is 11.6. The summed E-state index contributed by atoms with van der Waals surface area (Å²) in [5, 5.41) is 5.93. The zero-order valence-corrected chi connectivity index (χ0v) is 14.0. The molecule has 2 heterocycles. The van der Waals surface area contributed by atoms with Gasteiger partial charge < -0.3 is 10.6 Å². The summed E-state index contributed by atoms with van der Waals surface area (Å²) in [5.74, 6) is 0.866. The molecule has 0 spiro atoms. The summed E-state index contributed by atoms with van der Waals surface area (Å²) in [6, 6.07) is 3.84. The van der Waals surface area contributed by atoms with Gasteiger partial charge in [-0.1, -0.05) is 0 Å². The number of halogens is 2. The molecule has 2 aromatic heterocycles. The minimum Gasteiger partial charge on any atom is -0.352 e. The van der Waals surface area contributed by atoms with Crippen molar-refractivity contribution in [2.24, 2.45) is 0 Å². The Morgan fingerprint density at radius 2 is 2.14 bits per heavy atom. The Hall–Kier alpha value is -1.63. The number of aromatic nitrogens is 3. The van der Waals surface area contributed by atoms with Gasteiger partial charge in [-0.05, 0) is 37.7 Å². The van der Waals surface area contributed by atoms with Crippen LogP contribution in [0.3, 0.4) is 0 Å². The fourth-order valence-corrected chi connectivity index (χ4v) is 1.82. The number of amides is 1. The van der Waals surface area contributed by atoms with Gasteiger partial charge in [-0.2, -0.15) is 0 Å². The van der Waals surface area contributed by atoms with Crippen LogP contribution >= 0.6 is 24.8 Å². The fraction of sp³-hybridized carbons (Fsp3) is 0.357. The molecule has 0 unspecified atom stereocenters. The standard InChI is InChI=1S/C14H19N5O.2ClH/c1-15-5-2-3-14(20)18-10-12-4-6-17-13(9-12)19-8-7-16-11-19;;/h4,6-9,11,15H,2-3,5,10H2,1H3,(H,18,20);2*1H. The summed E-state index contributed by atoms with van der Waals surface area (Å²) in [4.78, 5) is 19.9. The maximum Gasteiger partial charge on any atom is 0.220 e. The van der Waals surface area contributed by atoms with Crippen LogP contribution in [0.2, 0.25) is 0 Å². The van der Waals surface area contributed by atoms with Gasteiger partial charge in [0.05, 0.1) is 0 Å². The normalized spacial score (nSPS) is 9.50. The second-order valence-corrected chi connectivity index (χ2v) is 4.48. The second kappa shape index (κ2) is 11.0. The average Bonchev–Trinajstić information content (AvgIpc) is 3.00. The third-order valence-corrected chi connectivity index (χ3v) is 2.90. The Kier molecular flexibility index (Phi) is 10.2. The third-order valence-electron chi connectivity index (χ3n) is 2.90. The van der Waals surface area contributed by atoms with E-state index < -0.39 is 0 Å². The van der Waals surface area contributed by atoms with Gasteiger partial charge in [-0.25, -0.2) is 9.97 Å². The monoisotopic (exact) mass is 345 g/mol. The molecule has 8 heteroatoms. The van der Waals surface area contributed by atoms with Crippen LogP contribution in [0.1, 0.15) is 18.4 Å². The molecule has 0 saturated carbocycles. The molecule has 0 aliphatic carbocycles. The molecule has 2 rings (SSSR count). The van der Waals surface area contributed by atoms with Gasteiger partial charge in [0.25, 0.3) is 0 Å². The smallest absolute Gasteiger partial charge is 0.220 e. The van der Waals surface area contributed by atoms with Crippen LogP contribution in [0.5, 0.6) is 0 Å². The van der Waals surface area contributed by atoms with E-state index in [2.05, 4.69) is 20.6 Å². The van der Waals surface area contributed by atoms with E-state index in [0.29, 0.717) is 13.0 Å². The van der Waals surface area contributed by atoms with Gasteiger partial charge in [0, 0.05) is 31.6 Å². The predicted octanol–water partition coefficient (Wildman–Crippen LogP) is 1.73. The SMILES string of the molecule is CNCCCC(=O)NCc1ccnc(-n2ccnc2)c1.Cl.Cl. The number of hydrogen-bond donors (Lipinski definition) is 2. The summed E-state index contributed by atoms with van der Waals surface area (Å²) >= 11 is 0. The second-order valence-electron chi connectivity index (χ2n) is 4.48. The molecule has 1 amide bonds. The molecule has 2 aromatic rings. The van der Waals surface area contributed by atoms with Crippen LogP contribution < -0.4 is 10.6 Å². The topological polar surface area (TPSA) is 71.8 Å². The van der Waals surface area contributed by atoms with Crippen LogP contribution in [0, 0.1) is 0 Å². The Morgan fingerprint density at radius 1 is 1.32 bits per heavy atom. The van der Waals surface area contributed by atoms with Gasteiger partial charge in [0.15, 0.2) is 0 Å². The van der Waals surface area contributed by atoms with E-state index in [9.17, 15) is 4.79 Å². The number of carbonyl (C=O) groups excluding carboxylic acids is 1. The molecule has 6 nitrogen and oxygen atoms in total. The first-order valence-corrected chi connectivity index (χ1v) is 6.64. The molecular weight excluding hydrogens is 325 g/mol. The van der Waals surface area contributed by atoms with E-state index in [4.69, 9.17) is 0 Å². The molecule has 0 saturated heterocycles. The number of pyridine rings is 1. The van der Waals surface area contributed by atoms with E-state index in [1.54, 1.807) is 18.7 Å². The Balaban J connectivity index is 0.00000220. The first-order chi connectivity index (χ1) is 9.79. The van der Waals surface area contributed by atoms with Crippen molar-refractivity contribution in [1.82, 2.24) is 25.2 Å². The molecule has 2 N–H and O–H groups in total. The molecule has 122 valence electrons. The number of imidazole rings is 1. The van der Waals surface area contributed by atoms with Gasteiger partial charge in [0.1, 0.15) is 12.1 Å². The van der Waals surface area contributed by atoms with E-state index in [0.717, 1.165) is 24.3 Å². The highest BCUT2D eigenvalue weighted by Crippen LogP contribution is 2.06. The molecule has 0 fully saturated rings. The predicted molar refractivity (Wildman–Crippen MR) is 90.9 cm³/mol. The summed E-state index contributed by atoms with van der Waals surface area (Å²) < 4.78 is 1.83. The van der Waals surface area contributed by atoms with Crippen LogP contribution in [0.15, 0.2) is 37.1 Å². The molecule has 0 radical (unpaired) electrons. The number of hydrogen-bond acceptors (Lipinski definition) is 4. The lowest BCUT2D eigenvalue weighted by Gasteiger charge is -2.07. The van der Waals surface area contributed by atoms with Gasteiger partial charge >= 0.3 is 0 Å². The quantitative estimate of drug-likeness (QED) is 0.749. The lowest BCUT2D eigenvalue weighted by Crippen LogP contribution is -2.23. The molecule has 22 heavy (non-hydrogen) atoms. The average molecular weight is 346 g/mol. The molecule has 0 aliphatic heterocycles. The van der Waals surface area contributed by atoms with E-state index in [1.165, 1.54) is 0 Å². The highest BCUT2D eigenvalue weighted by atomic mass is 35.5. The minimum atomic E-state index is 0. The fourth-order valence-electron chi connectivity index (χ4n) is 1.82. The van der Waals surface area contributed by atoms with Crippen LogP contribution in [0.25, 0.3) is 5.82 Å². The Bertz CT molecular complexity index is 548. The van der Waals surface area contributed by atoms with Crippen LogP contribution in [-0.2, 0) is 11.3 Å². The Morgan fingerprint density at radius 3 is 2.82 bits per heavy atom. The van der Waals surface area contributed by atoms with Crippen molar-refractivity contribution in [2.45, 2.75) is 19.4 Å². The molecule has 0 aliphatic rings. The lowest BCUT2D eigenvalue weighted by molar-refractivity contribution is -0.121. The number of nitrogens with one attached hydrogen (secondary N) is 2. The van der Waals surface area contributed by atoms with Crippen molar-refractivity contribution in [2.75, 3.05) is 13.6 Å². The van der Waals surface area contributed by atoms with Crippen molar-refractivity contribution in [3.05, 3.63) is 42.6 Å². The van der Waals surface area contributed by atoms with Crippen LogP contribution in [0.4, 0.5) is 0 Å².